The van der Waals surface area contributed by atoms with Crippen molar-refractivity contribution in [1.29, 1.82) is 0 Å². The van der Waals surface area contributed by atoms with Gasteiger partial charge in [0, 0.05) is 24.6 Å². The molecule has 0 radical (unpaired) electrons. The molecule has 3 aromatic carbocycles. The van der Waals surface area contributed by atoms with Gasteiger partial charge in [-0.3, -0.25) is 14.5 Å². The number of aliphatic hydroxyl groups excluding tert-OH is 1. The molecule has 2 fully saturated rings. The van der Waals surface area contributed by atoms with Gasteiger partial charge in [0.1, 0.15) is 18.2 Å². The Labute approximate surface area is 300 Å². The Bertz CT molecular complexity index is 1620. The number of nitrogens with zero attached hydrogens (tertiary/aromatic N) is 1. The second-order valence-corrected chi connectivity index (χ2v) is 14.2. The summed E-state index contributed by atoms with van der Waals surface area (Å²) in [5.74, 6) is -0.707. The Morgan fingerprint density at radius 2 is 1.65 bits per heavy atom. The molecule has 11 heteroatoms. The largest absolute Gasteiger partial charge is 0.465 e. The van der Waals surface area contributed by atoms with E-state index in [0.717, 1.165) is 52.8 Å². The second kappa shape index (κ2) is 17.3. The Balaban J connectivity index is 1.30. The van der Waals surface area contributed by atoms with E-state index in [-0.39, 0.29) is 56.4 Å². The molecule has 0 saturated carbocycles. The van der Waals surface area contributed by atoms with Crippen LogP contribution in [-0.2, 0) is 41.7 Å². The highest BCUT2D eigenvalue weighted by Crippen LogP contribution is 2.42. The number of benzene rings is 3. The second-order valence-electron chi connectivity index (χ2n) is 14.2. The summed E-state index contributed by atoms with van der Waals surface area (Å²) in [6.07, 6.45) is 0.519. The smallest absolute Gasteiger partial charge is 0.325 e. The van der Waals surface area contributed by atoms with E-state index in [1.807, 2.05) is 93.6 Å². The average Bonchev–Trinajstić information content (AvgIpc) is 3.59. The quantitative estimate of drug-likeness (QED) is 0.200. The number of esters is 2. The fourth-order valence-corrected chi connectivity index (χ4v) is 6.54. The van der Waals surface area contributed by atoms with E-state index >= 15 is 0 Å². The van der Waals surface area contributed by atoms with Crippen LogP contribution in [0.1, 0.15) is 82.1 Å². The van der Waals surface area contributed by atoms with E-state index in [2.05, 4.69) is 22.5 Å². The molecule has 3 N–H and O–H groups in total. The summed E-state index contributed by atoms with van der Waals surface area (Å²) in [7, 11) is 0. The van der Waals surface area contributed by atoms with Crippen LogP contribution in [0.3, 0.4) is 0 Å². The number of nitrogens with one attached hydrogen (secondary N) is 2. The van der Waals surface area contributed by atoms with Gasteiger partial charge in [0.05, 0.1) is 25.4 Å². The summed E-state index contributed by atoms with van der Waals surface area (Å²) >= 11 is 0. The number of amides is 2. The summed E-state index contributed by atoms with van der Waals surface area (Å²) in [5.41, 5.74) is 5.01. The van der Waals surface area contributed by atoms with Gasteiger partial charge in [-0.05, 0) is 81.0 Å². The van der Waals surface area contributed by atoms with Crippen LogP contribution < -0.4 is 10.6 Å². The fourth-order valence-electron chi connectivity index (χ4n) is 6.54. The van der Waals surface area contributed by atoms with E-state index in [1.165, 1.54) is 0 Å². The van der Waals surface area contributed by atoms with Gasteiger partial charge in [0.2, 0.25) is 0 Å². The van der Waals surface area contributed by atoms with Crippen LogP contribution in [0.25, 0.3) is 11.1 Å². The first-order chi connectivity index (χ1) is 24.4. The summed E-state index contributed by atoms with van der Waals surface area (Å²) in [4.78, 5) is 39.0. The molecule has 0 aromatic heterocycles. The third-order valence-corrected chi connectivity index (χ3v) is 9.18. The lowest BCUT2D eigenvalue weighted by atomic mass is 9.89. The maximum atomic E-state index is 13.1. The molecule has 5 atom stereocenters. The maximum absolute atomic E-state index is 13.1. The molecular weight excluding hydrogens is 650 g/mol. The van der Waals surface area contributed by atoms with Crippen LogP contribution in [0.4, 0.5) is 4.79 Å². The molecule has 0 spiro atoms. The Kier molecular flexibility index (Phi) is 12.9. The van der Waals surface area contributed by atoms with Gasteiger partial charge in [0.25, 0.3) is 0 Å². The molecule has 0 unspecified atom stereocenters. The minimum Gasteiger partial charge on any atom is -0.465 e. The number of hydrogen-bond donors (Lipinski definition) is 3. The molecular formula is C40H51N3O8. The molecule has 2 amide bonds. The van der Waals surface area contributed by atoms with Crippen molar-refractivity contribution in [2.75, 3.05) is 26.2 Å². The van der Waals surface area contributed by atoms with Crippen molar-refractivity contribution >= 4 is 18.0 Å². The third-order valence-electron chi connectivity index (χ3n) is 9.18. The number of rotatable bonds is 12. The van der Waals surface area contributed by atoms with Crippen molar-refractivity contribution in [2.45, 2.75) is 90.8 Å². The van der Waals surface area contributed by atoms with Gasteiger partial charge in [-0.25, -0.2) is 4.79 Å². The minimum absolute atomic E-state index is 0.0241. The lowest BCUT2D eigenvalue weighted by Crippen LogP contribution is -2.48. The molecule has 274 valence electrons. The standard InChI is InChI=1S/C40H51N3O8/c1-6-48-35(45)23-42-39(47)41-22-28-9-7-10-32(21-28)29-16-18-31(19-17-29)38-49-34(24-43-20-8-11-33(43)37(46)51-40(3,4)5)26(2)36(50-38)30-14-12-27(25-44)13-15-30/h7,9-10,12-19,21,26,33-34,36,38,44H,6,8,11,20,22-25H2,1-5H3,(H2,41,42,47)/t26-,33-,34+,36+,38+/m0/s1. The maximum Gasteiger partial charge on any atom is 0.325 e. The molecule has 0 bridgehead atoms. The van der Waals surface area contributed by atoms with E-state index in [9.17, 15) is 19.5 Å². The third kappa shape index (κ3) is 10.4. The molecule has 51 heavy (non-hydrogen) atoms. The lowest BCUT2D eigenvalue weighted by Gasteiger charge is -2.43. The number of likely N-dealkylation sites (tertiary alicyclic amines) is 1. The van der Waals surface area contributed by atoms with Crippen LogP contribution in [0, 0.1) is 5.92 Å². The lowest BCUT2D eigenvalue weighted by molar-refractivity contribution is -0.276. The van der Waals surface area contributed by atoms with Gasteiger partial charge in [-0.15, -0.1) is 0 Å². The van der Waals surface area contributed by atoms with Crippen LogP contribution >= 0.6 is 0 Å². The first-order valence-electron chi connectivity index (χ1n) is 17.8. The van der Waals surface area contributed by atoms with E-state index in [4.69, 9.17) is 18.9 Å². The van der Waals surface area contributed by atoms with Gasteiger partial charge in [-0.1, -0.05) is 73.7 Å². The molecule has 2 aliphatic heterocycles. The molecule has 11 nitrogen and oxygen atoms in total. The first kappa shape index (κ1) is 38.0. The van der Waals surface area contributed by atoms with Crippen molar-refractivity contribution in [3.8, 4) is 11.1 Å². The van der Waals surface area contributed by atoms with Crippen LogP contribution in [-0.4, -0.2) is 72.0 Å². The number of carbonyl (C=O) groups excluding carboxylic acids is 3. The average molecular weight is 702 g/mol. The zero-order valence-electron chi connectivity index (χ0n) is 30.2. The highest BCUT2D eigenvalue weighted by molar-refractivity contribution is 5.80. The van der Waals surface area contributed by atoms with E-state index < -0.39 is 23.9 Å². The molecule has 5 rings (SSSR count). The Hall–Kier alpha value is -4.29. The number of ether oxygens (including phenoxy) is 4. The van der Waals surface area contributed by atoms with E-state index in [1.54, 1.807) is 6.92 Å². The zero-order chi connectivity index (χ0) is 36.5. The summed E-state index contributed by atoms with van der Waals surface area (Å²) < 4.78 is 24.0. The van der Waals surface area contributed by atoms with Gasteiger partial charge in [0.15, 0.2) is 6.29 Å². The van der Waals surface area contributed by atoms with Crippen LogP contribution in [0.15, 0.2) is 72.8 Å². The highest BCUT2D eigenvalue weighted by Gasteiger charge is 2.42. The number of carbonyl (C=O) groups is 3. The highest BCUT2D eigenvalue weighted by atomic mass is 16.7. The number of hydrogen-bond acceptors (Lipinski definition) is 9. The van der Waals surface area contributed by atoms with Gasteiger partial charge in [-0.2, -0.15) is 0 Å². The first-order valence-corrected chi connectivity index (χ1v) is 17.8. The van der Waals surface area contributed by atoms with Gasteiger partial charge >= 0.3 is 18.0 Å². The van der Waals surface area contributed by atoms with Crippen molar-refractivity contribution in [3.05, 3.63) is 95.1 Å². The monoisotopic (exact) mass is 701 g/mol. The number of aliphatic hydroxyl groups is 1. The molecule has 3 aromatic rings. The molecule has 0 aliphatic carbocycles. The van der Waals surface area contributed by atoms with Crippen molar-refractivity contribution in [1.82, 2.24) is 15.5 Å². The SMILES string of the molecule is CCOC(=O)CNC(=O)NCc1cccc(-c2ccc([C@@H]3O[C@H](CN4CCC[C@H]4C(=O)OC(C)(C)C)[C@H](C)[C@H](c4ccc(CO)cc4)O3)cc2)c1. The van der Waals surface area contributed by atoms with Crippen molar-refractivity contribution < 1.29 is 38.4 Å². The molecule has 2 saturated heterocycles. The summed E-state index contributed by atoms with van der Waals surface area (Å²) in [5, 5.41) is 14.9. The predicted molar refractivity (Wildman–Crippen MR) is 192 cm³/mol. The summed E-state index contributed by atoms with van der Waals surface area (Å²) in [6, 6.07) is 23.0. The molecule has 2 heterocycles. The topological polar surface area (TPSA) is 136 Å². The minimum atomic E-state index is -0.644. The van der Waals surface area contributed by atoms with Gasteiger partial charge < -0.3 is 34.7 Å². The van der Waals surface area contributed by atoms with Crippen LogP contribution in [0.2, 0.25) is 0 Å². The number of urea groups is 1. The van der Waals surface area contributed by atoms with Crippen LogP contribution in [0.5, 0.6) is 0 Å². The normalized spacial score (nSPS) is 22.3. The zero-order valence-corrected chi connectivity index (χ0v) is 30.2. The van der Waals surface area contributed by atoms with Crippen molar-refractivity contribution in [3.63, 3.8) is 0 Å². The summed E-state index contributed by atoms with van der Waals surface area (Å²) in [6.45, 7) is 11.2. The molecule has 2 aliphatic rings. The predicted octanol–water partition coefficient (Wildman–Crippen LogP) is 5.81. The fraction of sp³-hybridized carbons (Fsp3) is 0.475. The van der Waals surface area contributed by atoms with E-state index in [0.29, 0.717) is 6.54 Å². The Morgan fingerprint density at radius 1 is 0.922 bits per heavy atom. The van der Waals surface area contributed by atoms with Crippen molar-refractivity contribution in [2.24, 2.45) is 5.92 Å². The Morgan fingerprint density at radius 3 is 2.33 bits per heavy atom.